The number of nitro benzene ring substituents is 1. The monoisotopic (exact) mass is 291 g/mol. The lowest BCUT2D eigenvalue weighted by molar-refractivity contribution is -0.382. The molecule has 1 unspecified atom stereocenters. The van der Waals surface area contributed by atoms with Crippen LogP contribution in [0.3, 0.4) is 0 Å². The number of rotatable bonds is 6. The molecule has 0 fully saturated rings. The fourth-order valence-electron chi connectivity index (χ4n) is 2.00. The predicted molar refractivity (Wildman–Crippen MR) is 84.5 cm³/mol. The van der Waals surface area contributed by atoms with Gasteiger partial charge < -0.3 is 5.32 Å². The molecule has 1 aromatic carbocycles. The van der Waals surface area contributed by atoms with Crippen LogP contribution in [0.5, 0.6) is 0 Å². The molecule has 0 amide bonds. The van der Waals surface area contributed by atoms with Gasteiger partial charge in [-0.05, 0) is 36.9 Å². The maximum absolute atomic E-state index is 11.3. The van der Waals surface area contributed by atoms with Gasteiger partial charge in [0, 0.05) is 18.0 Å². The van der Waals surface area contributed by atoms with Crippen molar-refractivity contribution in [3.63, 3.8) is 0 Å². The number of nitro groups is 1. The predicted octanol–water partition coefficient (Wildman–Crippen LogP) is 3.70. The van der Waals surface area contributed by atoms with Crippen LogP contribution in [0.25, 0.3) is 10.9 Å². The summed E-state index contributed by atoms with van der Waals surface area (Å²) in [7, 11) is 0. The van der Waals surface area contributed by atoms with Crippen LogP contribution in [-0.4, -0.2) is 28.0 Å². The Hall–Kier alpha value is -1.82. The van der Waals surface area contributed by atoms with Crippen molar-refractivity contribution in [3.05, 3.63) is 40.6 Å². The lowest BCUT2D eigenvalue weighted by Crippen LogP contribution is -2.09. The minimum absolute atomic E-state index is 0.104. The SMILES string of the molecule is CSC(C)CCNc1ccc2ncccc2c1[N+](=O)[O-]. The van der Waals surface area contributed by atoms with E-state index in [4.69, 9.17) is 0 Å². The van der Waals surface area contributed by atoms with Crippen molar-refractivity contribution >= 4 is 34.0 Å². The van der Waals surface area contributed by atoms with Gasteiger partial charge in [-0.2, -0.15) is 11.8 Å². The van der Waals surface area contributed by atoms with Gasteiger partial charge in [0.05, 0.1) is 15.8 Å². The van der Waals surface area contributed by atoms with E-state index in [1.807, 2.05) is 6.07 Å². The second-order valence-electron chi connectivity index (χ2n) is 4.55. The summed E-state index contributed by atoms with van der Waals surface area (Å²) in [6.07, 6.45) is 4.66. The second-order valence-corrected chi connectivity index (χ2v) is 5.83. The largest absolute Gasteiger partial charge is 0.379 e. The van der Waals surface area contributed by atoms with E-state index in [0.29, 0.717) is 28.4 Å². The number of nitrogens with one attached hydrogen (secondary N) is 1. The van der Waals surface area contributed by atoms with E-state index in [-0.39, 0.29) is 10.6 Å². The molecule has 0 bridgehead atoms. The van der Waals surface area contributed by atoms with Crippen LogP contribution in [0.2, 0.25) is 0 Å². The minimum Gasteiger partial charge on any atom is -0.379 e. The minimum atomic E-state index is -0.343. The number of anilines is 1. The number of nitrogens with zero attached hydrogens (tertiary/aromatic N) is 2. The number of hydrogen-bond donors (Lipinski definition) is 1. The molecule has 1 aromatic heterocycles. The molecule has 0 aliphatic carbocycles. The molecule has 20 heavy (non-hydrogen) atoms. The fourth-order valence-corrected chi connectivity index (χ4v) is 2.36. The third-order valence-corrected chi connectivity index (χ3v) is 4.25. The molecule has 1 N–H and O–H groups in total. The number of aromatic nitrogens is 1. The number of benzene rings is 1. The highest BCUT2D eigenvalue weighted by molar-refractivity contribution is 7.99. The molecule has 0 saturated heterocycles. The molecular formula is C14H17N3O2S. The zero-order valence-corrected chi connectivity index (χ0v) is 12.3. The normalized spacial score (nSPS) is 12.3. The Bertz CT molecular complexity index is 618. The lowest BCUT2D eigenvalue weighted by atomic mass is 10.1. The highest BCUT2D eigenvalue weighted by Crippen LogP contribution is 2.32. The molecular weight excluding hydrogens is 274 g/mol. The first-order valence-corrected chi connectivity index (χ1v) is 7.71. The fraction of sp³-hybridized carbons (Fsp3) is 0.357. The van der Waals surface area contributed by atoms with Crippen molar-refractivity contribution in [1.29, 1.82) is 0 Å². The maximum Gasteiger partial charge on any atom is 0.301 e. The summed E-state index contributed by atoms with van der Waals surface area (Å²) in [5.74, 6) is 0. The molecule has 0 saturated carbocycles. The molecule has 1 atom stereocenters. The molecule has 5 nitrogen and oxygen atoms in total. The molecule has 0 aliphatic rings. The molecule has 2 rings (SSSR count). The van der Waals surface area contributed by atoms with Crippen molar-refractivity contribution in [3.8, 4) is 0 Å². The van der Waals surface area contributed by atoms with Crippen LogP contribution < -0.4 is 5.32 Å². The summed E-state index contributed by atoms with van der Waals surface area (Å²) >= 11 is 1.79. The van der Waals surface area contributed by atoms with Gasteiger partial charge in [-0.1, -0.05) is 6.92 Å². The quantitative estimate of drug-likeness (QED) is 0.649. The van der Waals surface area contributed by atoms with E-state index in [0.717, 1.165) is 6.42 Å². The topological polar surface area (TPSA) is 68.1 Å². The van der Waals surface area contributed by atoms with Crippen LogP contribution in [0, 0.1) is 10.1 Å². The van der Waals surface area contributed by atoms with Gasteiger partial charge in [-0.15, -0.1) is 0 Å². The molecule has 1 heterocycles. The standard InChI is InChI=1S/C14H17N3O2S/c1-10(20-2)7-9-16-13-6-5-12-11(4-3-8-15-12)14(13)17(18)19/h3-6,8,10,16H,7,9H2,1-2H3. The maximum atomic E-state index is 11.3. The smallest absolute Gasteiger partial charge is 0.301 e. The summed E-state index contributed by atoms with van der Waals surface area (Å²) in [6.45, 7) is 2.86. The number of pyridine rings is 1. The van der Waals surface area contributed by atoms with E-state index in [9.17, 15) is 10.1 Å². The number of thioether (sulfide) groups is 1. The first-order chi connectivity index (χ1) is 9.63. The lowest BCUT2D eigenvalue weighted by Gasteiger charge is -2.11. The Balaban J connectivity index is 2.28. The van der Waals surface area contributed by atoms with Crippen molar-refractivity contribution in [1.82, 2.24) is 4.98 Å². The Morgan fingerprint density at radius 3 is 2.95 bits per heavy atom. The van der Waals surface area contributed by atoms with Crippen LogP contribution in [0.4, 0.5) is 11.4 Å². The van der Waals surface area contributed by atoms with Crippen LogP contribution in [-0.2, 0) is 0 Å². The summed E-state index contributed by atoms with van der Waals surface area (Å²) in [5.41, 5.74) is 1.30. The second kappa shape index (κ2) is 6.56. The number of hydrogen-bond acceptors (Lipinski definition) is 5. The summed E-state index contributed by atoms with van der Waals surface area (Å²) in [6, 6.07) is 6.99. The summed E-state index contributed by atoms with van der Waals surface area (Å²) in [5, 5.41) is 15.6. The van der Waals surface area contributed by atoms with Gasteiger partial charge in [0.25, 0.3) is 0 Å². The Kier molecular flexibility index (Phi) is 4.79. The molecule has 0 aliphatic heterocycles. The van der Waals surface area contributed by atoms with Gasteiger partial charge in [0.1, 0.15) is 5.69 Å². The molecule has 106 valence electrons. The van der Waals surface area contributed by atoms with Crippen LogP contribution in [0.15, 0.2) is 30.5 Å². The van der Waals surface area contributed by atoms with Crippen LogP contribution in [0.1, 0.15) is 13.3 Å². The van der Waals surface area contributed by atoms with E-state index < -0.39 is 0 Å². The first kappa shape index (κ1) is 14.6. The third kappa shape index (κ3) is 3.19. The first-order valence-electron chi connectivity index (χ1n) is 6.42. The summed E-state index contributed by atoms with van der Waals surface area (Å²) < 4.78 is 0. The van der Waals surface area contributed by atoms with Crippen LogP contribution >= 0.6 is 11.8 Å². The van der Waals surface area contributed by atoms with Crippen molar-refractivity contribution in [2.24, 2.45) is 0 Å². The Labute approximate surface area is 121 Å². The highest BCUT2D eigenvalue weighted by Gasteiger charge is 2.18. The molecule has 0 spiro atoms. The molecule has 2 aromatic rings. The van der Waals surface area contributed by atoms with Crippen molar-refractivity contribution in [2.75, 3.05) is 18.1 Å². The Morgan fingerprint density at radius 2 is 2.25 bits per heavy atom. The highest BCUT2D eigenvalue weighted by atomic mass is 32.2. The molecule has 0 radical (unpaired) electrons. The van der Waals surface area contributed by atoms with Gasteiger partial charge in [-0.25, -0.2) is 0 Å². The van der Waals surface area contributed by atoms with Gasteiger partial charge in [0.2, 0.25) is 0 Å². The summed E-state index contributed by atoms with van der Waals surface area (Å²) in [4.78, 5) is 15.1. The van der Waals surface area contributed by atoms with Gasteiger partial charge >= 0.3 is 5.69 Å². The zero-order chi connectivity index (χ0) is 14.5. The van der Waals surface area contributed by atoms with Crippen molar-refractivity contribution < 1.29 is 4.92 Å². The van der Waals surface area contributed by atoms with Gasteiger partial charge in [0.15, 0.2) is 0 Å². The van der Waals surface area contributed by atoms with E-state index >= 15 is 0 Å². The average Bonchev–Trinajstić information content (AvgIpc) is 2.46. The van der Waals surface area contributed by atoms with E-state index in [1.165, 1.54) is 0 Å². The third-order valence-electron chi connectivity index (χ3n) is 3.21. The van der Waals surface area contributed by atoms with E-state index in [2.05, 4.69) is 23.5 Å². The molecule has 6 heteroatoms. The zero-order valence-electron chi connectivity index (χ0n) is 11.5. The van der Waals surface area contributed by atoms with Crippen molar-refractivity contribution in [2.45, 2.75) is 18.6 Å². The van der Waals surface area contributed by atoms with Gasteiger partial charge in [-0.3, -0.25) is 15.1 Å². The van der Waals surface area contributed by atoms with E-state index in [1.54, 1.807) is 36.2 Å². The average molecular weight is 291 g/mol. The number of fused-ring (bicyclic) bond motifs is 1. The Morgan fingerprint density at radius 1 is 1.45 bits per heavy atom.